The predicted molar refractivity (Wildman–Crippen MR) is 93.1 cm³/mol. The summed E-state index contributed by atoms with van der Waals surface area (Å²) in [5, 5.41) is 13.8. The van der Waals surface area contributed by atoms with Gasteiger partial charge in [0.05, 0.1) is 24.7 Å². The molecule has 0 fully saturated rings. The molecule has 0 radical (unpaired) electrons. The molecule has 7 nitrogen and oxygen atoms in total. The Hall–Kier alpha value is -3.16. The van der Waals surface area contributed by atoms with Crippen molar-refractivity contribution < 1.29 is 23.6 Å². The number of halogens is 1. The van der Waals surface area contributed by atoms with E-state index in [0.717, 1.165) is 6.07 Å². The van der Waals surface area contributed by atoms with E-state index in [1.165, 1.54) is 31.4 Å². The molecular weight excluding hydrogens is 343 g/mol. The average molecular weight is 362 g/mol. The fourth-order valence-corrected chi connectivity index (χ4v) is 2.39. The predicted octanol–water partition coefficient (Wildman–Crippen LogP) is 3.63. The standard InChI is InChI=1S/C18H19FN2O5/c1-4-26-17-8-6-13(10-15(17)21(23)24)18(22)20-11(2)12-5-7-16(25-3)14(19)9-12/h5-11H,4H2,1-3H3,(H,20,22)/t11-/m1/s1. The lowest BCUT2D eigenvalue weighted by Crippen LogP contribution is -2.26. The molecule has 0 aliphatic carbocycles. The molecule has 0 aromatic heterocycles. The highest BCUT2D eigenvalue weighted by molar-refractivity contribution is 5.95. The van der Waals surface area contributed by atoms with Gasteiger partial charge in [-0.25, -0.2) is 4.39 Å². The Balaban J connectivity index is 2.20. The smallest absolute Gasteiger partial charge is 0.311 e. The van der Waals surface area contributed by atoms with Gasteiger partial charge in [0.15, 0.2) is 17.3 Å². The second kappa shape index (κ2) is 8.28. The molecular formula is C18H19FN2O5. The Labute approximate surface area is 149 Å². The van der Waals surface area contributed by atoms with Gasteiger partial charge in [0.1, 0.15) is 0 Å². The van der Waals surface area contributed by atoms with Crippen LogP contribution in [0.3, 0.4) is 0 Å². The molecule has 26 heavy (non-hydrogen) atoms. The van der Waals surface area contributed by atoms with E-state index in [9.17, 15) is 19.3 Å². The van der Waals surface area contributed by atoms with E-state index in [1.54, 1.807) is 19.9 Å². The Morgan fingerprint density at radius 2 is 1.96 bits per heavy atom. The van der Waals surface area contributed by atoms with Crippen LogP contribution in [-0.4, -0.2) is 24.5 Å². The fraction of sp³-hybridized carbons (Fsp3) is 0.278. The highest BCUT2D eigenvalue weighted by Crippen LogP contribution is 2.28. The van der Waals surface area contributed by atoms with Gasteiger partial charge in [-0.15, -0.1) is 0 Å². The quantitative estimate of drug-likeness (QED) is 0.600. The molecule has 2 aromatic rings. The number of ether oxygens (including phenoxy) is 2. The lowest BCUT2D eigenvalue weighted by atomic mass is 10.1. The lowest BCUT2D eigenvalue weighted by Gasteiger charge is -2.15. The topological polar surface area (TPSA) is 90.7 Å². The summed E-state index contributed by atoms with van der Waals surface area (Å²) >= 11 is 0. The monoisotopic (exact) mass is 362 g/mol. The number of nitro benzene ring substituents is 1. The van der Waals surface area contributed by atoms with Crippen LogP contribution in [0, 0.1) is 15.9 Å². The number of hydrogen-bond acceptors (Lipinski definition) is 5. The first-order valence-corrected chi connectivity index (χ1v) is 7.92. The molecule has 0 heterocycles. The minimum absolute atomic E-state index is 0.0966. The number of benzene rings is 2. The zero-order valence-corrected chi connectivity index (χ0v) is 14.6. The number of hydrogen-bond donors (Lipinski definition) is 1. The molecule has 2 aromatic carbocycles. The Morgan fingerprint density at radius 3 is 2.54 bits per heavy atom. The number of nitrogens with one attached hydrogen (secondary N) is 1. The van der Waals surface area contributed by atoms with Crippen LogP contribution in [0.2, 0.25) is 0 Å². The minimum Gasteiger partial charge on any atom is -0.494 e. The third-order valence-corrected chi connectivity index (χ3v) is 3.74. The zero-order valence-electron chi connectivity index (χ0n) is 14.6. The van der Waals surface area contributed by atoms with E-state index in [2.05, 4.69) is 5.32 Å². The summed E-state index contributed by atoms with van der Waals surface area (Å²) in [6.45, 7) is 3.66. The number of methoxy groups -OCH3 is 1. The maximum absolute atomic E-state index is 13.8. The summed E-state index contributed by atoms with van der Waals surface area (Å²) in [5.41, 5.74) is 0.362. The first kappa shape index (κ1) is 19.2. The van der Waals surface area contributed by atoms with Crippen LogP contribution < -0.4 is 14.8 Å². The number of rotatable bonds is 7. The molecule has 1 amide bonds. The van der Waals surface area contributed by atoms with Crippen molar-refractivity contribution in [2.45, 2.75) is 19.9 Å². The zero-order chi connectivity index (χ0) is 19.3. The van der Waals surface area contributed by atoms with Gasteiger partial charge in [0.2, 0.25) is 0 Å². The van der Waals surface area contributed by atoms with Crippen LogP contribution in [0.5, 0.6) is 11.5 Å². The Kier molecular flexibility index (Phi) is 6.11. The maximum Gasteiger partial charge on any atom is 0.311 e. The largest absolute Gasteiger partial charge is 0.494 e. The van der Waals surface area contributed by atoms with Crippen LogP contribution in [0.15, 0.2) is 36.4 Å². The maximum atomic E-state index is 13.8. The van der Waals surface area contributed by atoms with Gasteiger partial charge in [0, 0.05) is 11.6 Å². The van der Waals surface area contributed by atoms with Crippen LogP contribution in [0.1, 0.15) is 35.8 Å². The number of nitro groups is 1. The van der Waals surface area contributed by atoms with Gasteiger partial charge in [-0.2, -0.15) is 0 Å². The third-order valence-electron chi connectivity index (χ3n) is 3.74. The summed E-state index contributed by atoms with van der Waals surface area (Å²) in [5.74, 6) is -0.851. The van der Waals surface area contributed by atoms with Crippen molar-refractivity contribution in [3.05, 3.63) is 63.5 Å². The van der Waals surface area contributed by atoms with Gasteiger partial charge < -0.3 is 14.8 Å². The van der Waals surface area contributed by atoms with Crippen LogP contribution in [0.25, 0.3) is 0 Å². The molecule has 138 valence electrons. The van der Waals surface area contributed by atoms with E-state index in [0.29, 0.717) is 5.56 Å². The van der Waals surface area contributed by atoms with Gasteiger partial charge >= 0.3 is 5.69 Å². The summed E-state index contributed by atoms with van der Waals surface area (Å²) in [4.78, 5) is 22.9. The molecule has 0 spiro atoms. The van der Waals surface area contributed by atoms with Crippen molar-refractivity contribution in [1.82, 2.24) is 5.32 Å². The molecule has 0 unspecified atom stereocenters. The summed E-state index contributed by atoms with van der Waals surface area (Å²) in [7, 11) is 1.36. The van der Waals surface area contributed by atoms with E-state index < -0.39 is 22.7 Å². The molecule has 1 N–H and O–H groups in total. The van der Waals surface area contributed by atoms with E-state index >= 15 is 0 Å². The lowest BCUT2D eigenvalue weighted by molar-refractivity contribution is -0.385. The van der Waals surface area contributed by atoms with E-state index in [-0.39, 0.29) is 29.4 Å². The number of carbonyl (C=O) groups is 1. The first-order chi connectivity index (χ1) is 12.4. The van der Waals surface area contributed by atoms with Gasteiger partial charge in [-0.05, 0) is 43.7 Å². The van der Waals surface area contributed by atoms with Gasteiger partial charge in [-0.3, -0.25) is 14.9 Å². The minimum atomic E-state index is -0.607. The molecule has 0 aliphatic rings. The summed E-state index contributed by atoms with van der Waals surface area (Å²) in [6, 6.07) is 7.84. The molecule has 8 heteroatoms. The van der Waals surface area contributed by atoms with Crippen molar-refractivity contribution in [3.8, 4) is 11.5 Å². The summed E-state index contributed by atoms with van der Waals surface area (Å²) < 4.78 is 23.9. The Morgan fingerprint density at radius 1 is 1.27 bits per heavy atom. The van der Waals surface area contributed by atoms with Crippen molar-refractivity contribution in [1.29, 1.82) is 0 Å². The fourth-order valence-electron chi connectivity index (χ4n) is 2.39. The molecule has 0 saturated heterocycles. The van der Waals surface area contributed by atoms with E-state index in [4.69, 9.17) is 9.47 Å². The van der Waals surface area contributed by atoms with Crippen molar-refractivity contribution >= 4 is 11.6 Å². The van der Waals surface area contributed by atoms with Gasteiger partial charge in [0.25, 0.3) is 5.91 Å². The van der Waals surface area contributed by atoms with Crippen LogP contribution in [0.4, 0.5) is 10.1 Å². The molecule has 1 atom stereocenters. The molecule has 0 bridgehead atoms. The van der Waals surface area contributed by atoms with Crippen LogP contribution in [-0.2, 0) is 0 Å². The first-order valence-electron chi connectivity index (χ1n) is 7.92. The number of amides is 1. The summed E-state index contributed by atoms with van der Waals surface area (Å²) in [6.07, 6.45) is 0. The molecule has 0 aliphatic heterocycles. The van der Waals surface area contributed by atoms with Crippen molar-refractivity contribution in [3.63, 3.8) is 0 Å². The van der Waals surface area contributed by atoms with Crippen molar-refractivity contribution in [2.24, 2.45) is 0 Å². The van der Waals surface area contributed by atoms with E-state index in [1.807, 2.05) is 0 Å². The van der Waals surface area contributed by atoms with Crippen LogP contribution >= 0.6 is 0 Å². The second-order valence-electron chi connectivity index (χ2n) is 5.46. The molecule has 0 saturated carbocycles. The normalized spacial score (nSPS) is 11.5. The van der Waals surface area contributed by atoms with Gasteiger partial charge in [-0.1, -0.05) is 6.07 Å². The third kappa shape index (κ3) is 4.27. The van der Waals surface area contributed by atoms with Crippen molar-refractivity contribution in [2.75, 3.05) is 13.7 Å². The average Bonchev–Trinajstić information content (AvgIpc) is 2.61. The Bertz CT molecular complexity index is 825. The number of nitrogens with zero attached hydrogens (tertiary/aromatic N) is 1. The highest BCUT2D eigenvalue weighted by Gasteiger charge is 2.20. The highest BCUT2D eigenvalue weighted by atomic mass is 19.1. The second-order valence-corrected chi connectivity index (χ2v) is 5.46. The SMILES string of the molecule is CCOc1ccc(C(=O)N[C@H](C)c2ccc(OC)c(F)c2)cc1[N+](=O)[O-]. The number of carbonyl (C=O) groups excluding carboxylic acids is 1. The molecule has 2 rings (SSSR count).